The summed E-state index contributed by atoms with van der Waals surface area (Å²) in [7, 11) is 3.05. The number of carbonyl (C=O) groups is 4. The van der Waals surface area contributed by atoms with Gasteiger partial charge in [0.2, 0.25) is 5.91 Å². The van der Waals surface area contributed by atoms with Crippen LogP contribution in [0.1, 0.15) is 29.3 Å². The van der Waals surface area contributed by atoms with Crippen molar-refractivity contribution in [3.63, 3.8) is 0 Å². The van der Waals surface area contributed by atoms with Gasteiger partial charge in [-0.2, -0.15) is 0 Å². The number of ether oxygens (including phenoxy) is 3. The van der Waals surface area contributed by atoms with Crippen molar-refractivity contribution >= 4 is 35.2 Å². The molecule has 0 aromatic heterocycles. The fraction of sp³-hybridized carbons (Fsp3) is 0.241. The van der Waals surface area contributed by atoms with E-state index in [0.29, 0.717) is 22.9 Å². The number of benzene rings is 3. The predicted octanol–water partition coefficient (Wildman–Crippen LogP) is 4.25. The van der Waals surface area contributed by atoms with Crippen molar-refractivity contribution in [2.75, 3.05) is 31.0 Å². The number of methoxy groups -OCH3 is 2. The summed E-state index contributed by atoms with van der Waals surface area (Å²) < 4.78 is 15.5. The molecule has 1 atom stereocenters. The molecule has 3 aromatic carbocycles. The Morgan fingerprint density at radius 1 is 0.897 bits per heavy atom. The number of anilines is 2. The third-order valence-corrected chi connectivity index (χ3v) is 6.18. The van der Waals surface area contributed by atoms with Gasteiger partial charge in [0.25, 0.3) is 5.91 Å². The Morgan fingerprint density at radius 3 is 2.31 bits per heavy atom. The zero-order valence-corrected chi connectivity index (χ0v) is 21.9. The van der Waals surface area contributed by atoms with Crippen LogP contribution in [-0.4, -0.2) is 55.6 Å². The standard InChI is InChI=1S/C29H29N3O7/c1-4-39-28(35)20-7-5-8-21(15-20)30-26(33)17-25-27(34)32(22-9-6-10-24(16-22)38-3)29(36)31(25)18-19-11-13-23(37-2)14-12-19/h5-16,25H,4,17-18H2,1-3H3,(H,30,33). The molecule has 10 heteroatoms. The molecule has 202 valence electrons. The Balaban J connectivity index is 1.58. The van der Waals surface area contributed by atoms with E-state index in [1.54, 1.807) is 80.8 Å². The summed E-state index contributed by atoms with van der Waals surface area (Å²) in [5.74, 6) is -0.393. The molecule has 3 aromatic rings. The van der Waals surface area contributed by atoms with Crippen LogP contribution in [0.25, 0.3) is 0 Å². The lowest BCUT2D eigenvalue weighted by atomic mass is 10.1. The molecule has 10 nitrogen and oxygen atoms in total. The van der Waals surface area contributed by atoms with Gasteiger partial charge < -0.3 is 24.4 Å². The van der Waals surface area contributed by atoms with E-state index >= 15 is 0 Å². The highest BCUT2D eigenvalue weighted by molar-refractivity contribution is 6.22. The number of imide groups is 1. The van der Waals surface area contributed by atoms with E-state index in [1.807, 2.05) is 0 Å². The average molecular weight is 532 g/mol. The normalized spacial score (nSPS) is 14.8. The molecule has 1 saturated heterocycles. The third-order valence-electron chi connectivity index (χ3n) is 6.18. The number of nitrogens with one attached hydrogen (secondary N) is 1. The molecule has 4 amide bonds. The molecule has 1 unspecified atom stereocenters. The maximum absolute atomic E-state index is 13.6. The number of carbonyl (C=O) groups excluding carboxylic acids is 4. The molecule has 1 aliphatic heterocycles. The second-order valence-corrected chi connectivity index (χ2v) is 8.70. The maximum Gasteiger partial charge on any atom is 0.338 e. The van der Waals surface area contributed by atoms with Gasteiger partial charge in [0.15, 0.2) is 0 Å². The van der Waals surface area contributed by atoms with Crippen molar-refractivity contribution < 1.29 is 33.4 Å². The Labute approximate surface area is 226 Å². The van der Waals surface area contributed by atoms with Gasteiger partial charge in [-0.05, 0) is 55.0 Å². The lowest BCUT2D eigenvalue weighted by Crippen LogP contribution is -2.37. The van der Waals surface area contributed by atoms with Crippen LogP contribution in [-0.2, 0) is 20.9 Å². The SMILES string of the molecule is CCOC(=O)c1cccc(NC(=O)CC2C(=O)N(c3cccc(OC)c3)C(=O)N2Cc2ccc(OC)cc2)c1. The highest BCUT2D eigenvalue weighted by atomic mass is 16.5. The zero-order valence-electron chi connectivity index (χ0n) is 21.9. The van der Waals surface area contributed by atoms with Gasteiger partial charge >= 0.3 is 12.0 Å². The van der Waals surface area contributed by atoms with Crippen LogP contribution in [0.2, 0.25) is 0 Å². The van der Waals surface area contributed by atoms with Gasteiger partial charge in [-0.15, -0.1) is 0 Å². The molecule has 0 spiro atoms. The van der Waals surface area contributed by atoms with Gasteiger partial charge in [0.1, 0.15) is 17.5 Å². The van der Waals surface area contributed by atoms with Gasteiger partial charge in [0.05, 0.1) is 38.5 Å². The van der Waals surface area contributed by atoms with E-state index < -0.39 is 29.9 Å². The molecule has 1 heterocycles. The number of hydrogen-bond donors (Lipinski definition) is 1. The van der Waals surface area contributed by atoms with Crippen LogP contribution < -0.4 is 19.7 Å². The smallest absolute Gasteiger partial charge is 0.338 e. The van der Waals surface area contributed by atoms with Crippen molar-refractivity contribution in [3.05, 3.63) is 83.9 Å². The molecule has 4 rings (SSSR count). The van der Waals surface area contributed by atoms with E-state index in [0.717, 1.165) is 10.5 Å². The lowest BCUT2D eigenvalue weighted by Gasteiger charge is -2.22. The molecule has 0 bridgehead atoms. The molecule has 0 radical (unpaired) electrons. The van der Waals surface area contributed by atoms with Crippen molar-refractivity contribution in [2.45, 2.75) is 25.9 Å². The first-order chi connectivity index (χ1) is 18.8. The van der Waals surface area contributed by atoms with Crippen LogP contribution in [0.15, 0.2) is 72.8 Å². The van der Waals surface area contributed by atoms with E-state index in [4.69, 9.17) is 14.2 Å². The Bertz CT molecular complexity index is 1370. The van der Waals surface area contributed by atoms with Gasteiger partial charge in [-0.3, -0.25) is 9.59 Å². The second-order valence-electron chi connectivity index (χ2n) is 8.70. The number of amides is 4. The minimum Gasteiger partial charge on any atom is -0.497 e. The summed E-state index contributed by atoms with van der Waals surface area (Å²) in [5.41, 5.74) is 1.76. The van der Waals surface area contributed by atoms with Gasteiger partial charge in [0, 0.05) is 18.3 Å². The number of hydrogen-bond acceptors (Lipinski definition) is 7. The number of nitrogens with zero attached hydrogens (tertiary/aromatic N) is 2. The van der Waals surface area contributed by atoms with E-state index in [9.17, 15) is 19.2 Å². The molecule has 1 N–H and O–H groups in total. The number of esters is 1. The lowest BCUT2D eigenvalue weighted by molar-refractivity contribution is -0.124. The molecule has 39 heavy (non-hydrogen) atoms. The van der Waals surface area contributed by atoms with E-state index in [-0.39, 0.29) is 25.1 Å². The van der Waals surface area contributed by atoms with Crippen molar-refractivity contribution in [1.29, 1.82) is 0 Å². The topological polar surface area (TPSA) is 114 Å². The summed E-state index contributed by atoms with van der Waals surface area (Å²) >= 11 is 0. The number of rotatable bonds is 10. The van der Waals surface area contributed by atoms with E-state index in [2.05, 4.69) is 5.32 Å². The Kier molecular flexibility index (Phi) is 8.45. The minimum absolute atomic E-state index is 0.103. The fourth-order valence-corrected chi connectivity index (χ4v) is 4.25. The monoisotopic (exact) mass is 531 g/mol. The van der Waals surface area contributed by atoms with Crippen molar-refractivity contribution in [3.8, 4) is 11.5 Å². The van der Waals surface area contributed by atoms with Crippen LogP contribution in [0.4, 0.5) is 16.2 Å². The molecule has 0 aliphatic carbocycles. The highest BCUT2D eigenvalue weighted by Gasteiger charge is 2.46. The molecule has 1 aliphatic rings. The zero-order chi connectivity index (χ0) is 27.9. The molecular weight excluding hydrogens is 502 g/mol. The predicted molar refractivity (Wildman–Crippen MR) is 144 cm³/mol. The summed E-state index contributed by atoms with van der Waals surface area (Å²) in [5, 5.41) is 2.72. The molecule has 1 fully saturated rings. The first-order valence-corrected chi connectivity index (χ1v) is 12.3. The van der Waals surface area contributed by atoms with Crippen LogP contribution in [0.5, 0.6) is 11.5 Å². The average Bonchev–Trinajstić information content (AvgIpc) is 3.17. The Morgan fingerprint density at radius 2 is 1.62 bits per heavy atom. The van der Waals surface area contributed by atoms with Crippen LogP contribution in [0, 0.1) is 0 Å². The van der Waals surface area contributed by atoms with Gasteiger partial charge in [-0.25, -0.2) is 14.5 Å². The summed E-state index contributed by atoms with van der Waals surface area (Å²) in [6.45, 7) is 2.03. The first kappa shape index (κ1) is 27.2. The third kappa shape index (κ3) is 6.18. The minimum atomic E-state index is -1.06. The molecule has 0 saturated carbocycles. The molecular formula is C29H29N3O7. The first-order valence-electron chi connectivity index (χ1n) is 12.3. The van der Waals surface area contributed by atoms with Crippen LogP contribution in [0.3, 0.4) is 0 Å². The van der Waals surface area contributed by atoms with Gasteiger partial charge in [-0.1, -0.05) is 24.3 Å². The fourth-order valence-electron chi connectivity index (χ4n) is 4.25. The van der Waals surface area contributed by atoms with E-state index in [1.165, 1.54) is 18.1 Å². The highest BCUT2D eigenvalue weighted by Crippen LogP contribution is 2.31. The quantitative estimate of drug-likeness (QED) is 0.307. The summed E-state index contributed by atoms with van der Waals surface area (Å²) in [6.07, 6.45) is -0.287. The van der Waals surface area contributed by atoms with Crippen LogP contribution >= 0.6 is 0 Å². The number of urea groups is 1. The Hall–Kier alpha value is -4.86. The largest absolute Gasteiger partial charge is 0.497 e. The van der Waals surface area contributed by atoms with Crippen molar-refractivity contribution in [2.24, 2.45) is 0 Å². The van der Waals surface area contributed by atoms with Crippen molar-refractivity contribution in [1.82, 2.24) is 4.90 Å². The summed E-state index contributed by atoms with van der Waals surface area (Å²) in [6, 6.07) is 18.4. The summed E-state index contributed by atoms with van der Waals surface area (Å²) in [4.78, 5) is 54.7. The second kappa shape index (κ2) is 12.1. The maximum atomic E-state index is 13.6.